The van der Waals surface area contributed by atoms with Crippen LogP contribution in [0.4, 0.5) is 4.79 Å². The maximum Gasteiger partial charge on any atom is 0.329 e. The molecule has 2 N–H and O–H groups in total. The van der Waals surface area contributed by atoms with Gasteiger partial charge in [0.1, 0.15) is 5.54 Å². The van der Waals surface area contributed by atoms with Gasteiger partial charge in [0.15, 0.2) is 6.67 Å². The van der Waals surface area contributed by atoms with E-state index in [0.717, 1.165) is 10.5 Å². The smallest absolute Gasteiger partial charge is 0.323 e. The van der Waals surface area contributed by atoms with Crippen LogP contribution in [0.15, 0.2) is 35.7 Å². The maximum atomic E-state index is 12.5. The Hall–Kier alpha value is -2.23. The maximum absolute atomic E-state index is 12.5. The van der Waals surface area contributed by atoms with Gasteiger partial charge in [0.25, 0.3) is 5.91 Å². The summed E-state index contributed by atoms with van der Waals surface area (Å²) in [6.07, 6.45) is 1.59. The Morgan fingerprint density at radius 1 is 1.15 bits per heavy atom. The van der Waals surface area contributed by atoms with Gasteiger partial charge >= 0.3 is 6.03 Å². The molecule has 2 saturated heterocycles. The summed E-state index contributed by atoms with van der Waals surface area (Å²) in [6.45, 7) is 5.37. The third kappa shape index (κ3) is 4.37. The van der Waals surface area contributed by atoms with Crippen molar-refractivity contribution < 1.29 is 22.9 Å². The van der Waals surface area contributed by atoms with Crippen LogP contribution in [0.1, 0.15) is 19.4 Å². The molecule has 146 valence electrons. The Morgan fingerprint density at radius 2 is 1.78 bits per heavy atom. The van der Waals surface area contributed by atoms with Crippen LogP contribution in [-0.4, -0.2) is 67.9 Å². The van der Waals surface area contributed by atoms with Crippen molar-refractivity contribution >= 4 is 28.0 Å². The van der Waals surface area contributed by atoms with E-state index in [1.54, 1.807) is 19.9 Å². The topological polar surface area (TPSA) is 91.2 Å². The highest BCUT2D eigenvalue weighted by Crippen LogP contribution is 2.15. The highest BCUT2D eigenvalue weighted by Gasteiger charge is 2.46. The normalized spacial score (nSPS) is 21.8. The lowest BCUT2D eigenvalue weighted by Crippen LogP contribution is -3.16. The van der Waals surface area contributed by atoms with E-state index in [0.29, 0.717) is 26.2 Å². The lowest BCUT2D eigenvalue weighted by atomic mass is 10.1. The first kappa shape index (κ1) is 19.5. The van der Waals surface area contributed by atoms with Crippen molar-refractivity contribution in [2.24, 2.45) is 0 Å². The van der Waals surface area contributed by atoms with Crippen LogP contribution in [0, 0.1) is 0 Å². The zero-order valence-electron chi connectivity index (χ0n) is 15.5. The van der Waals surface area contributed by atoms with Gasteiger partial charge in [-0.3, -0.25) is 4.79 Å². The number of amides is 3. The number of imide groups is 1. The number of carbonyl (C=O) groups excluding carboxylic acids is 2. The van der Waals surface area contributed by atoms with Crippen LogP contribution in [0.25, 0.3) is 6.08 Å². The molecule has 0 bridgehead atoms. The average molecular weight is 393 g/mol. The third-order valence-corrected chi connectivity index (χ3v) is 6.41. The van der Waals surface area contributed by atoms with Crippen LogP contribution in [-0.2, 0) is 14.8 Å². The lowest BCUT2D eigenvalue weighted by molar-refractivity contribution is -0.910. The van der Waals surface area contributed by atoms with Crippen molar-refractivity contribution in [3.05, 3.63) is 41.3 Å². The molecule has 2 heterocycles. The van der Waals surface area contributed by atoms with Crippen LogP contribution in [0.5, 0.6) is 0 Å². The van der Waals surface area contributed by atoms with Gasteiger partial charge in [-0.25, -0.2) is 18.1 Å². The van der Waals surface area contributed by atoms with Crippen LogP contribution in [0.3, 0.4) is 0 Å². The molecule has 2 aliphatic rings. The van der Waals surface area contributed by atoms with E-state index in [1.807, 2.05) is 30.3 Å². The summed E-state index contributed by atoms with van der Waals surface area (Å²) in [5, 5.41) is 3.89. The largest absolute Gasteiger partial charge is 0.329 e. The van der Waals surface area contributed by atoms with E-state index in [-0.39, 0.29) is 12.6 Å². The van der Waals surface area contributed by atoms with Gasteiger partial charge in [0, 0.05) is 5.41 Å². The first-order valence-electron chi connectivity index (χ1n) is 8.90. The number of nitrogens with zero attached hydrogens (tertiary/aromatic N) is 2. The summed E-state index contributed by atoms with van der Waals surface area (Å²) in [7, 11) is -3.49. The van der Waals surface area contributed by atoms with Crippen molar-refractivity contribution in [1.82, 2.24) is 14.5 Å². The number of carbonyl (C=O) groups is 2. The molecular weight excluding hydrogens is 368 g/mol. The van der Waals surface area contributed by atoms with Gasteiger partial charge in [-0.1, -0.05) is 30.3 Å². The zero-order chi connectivity index (χ0) is 19.7. The number of hydrogen-bond donors (Lipinski definition) is 2. The number of rotatable bonds is 5. The predicted octanol–water partition coefficient (Wildman–Crippen LogP) is -0.524. The SMILES string of the molecule is CC1(C)NC(=O)N(C[NH+]2CCN(S(=O)(=O)/C=C/c3ccccc3)CC2)C1=O. The molecule has 0 radical (unpaired) electrons. The molecule has 3 amide bonds. The van der Waals surface area contributed by atoms with Crippen molar-refractivity contribution in [3.8, 4) is 0 Å². The van der Waals surface area contributed by atoms with Gasteiger partial charge in [-0.15, -0.1) is 0 Å². The first-order chi connectivity index (χ1) is 12.7. The minimum absolute atomic E-state index is 0.249. The molecule has 0 saturated carbocycles. The molecule has 27 heavy (non-hydrogen) atoms. The molecule has 3 rings (SSSR count). The summed E-state index contributed by atoms with van der Waals surface area (Å²) in [5.41, 5.74) is -0.0595. The van der Waals surface area contributed by atoms with Gasteiger partial charge in [0.2, 0.25) is 10.0 Å². The molecule has 2 aliphatic heterocycles. The first-order valence-corrected chi connectivity index (χ1v) is 10.4. The van der Waals surface area contributed by atoms with Crippen molar-refractivity contribution in [2.75, 3.05) is 32.8 Å². The second-order valence-electron chi connectivity index (χ2n) is 7.35. The molecule has 0 aliphatic carbocycles. The molecule has 2 fully saturated rings. The van der Waals surface area contributed by atoms with Crippen molar-refractivity contribution in [2.45, 2.75) is 19.4 Å². The number of urea groups is 1. The van der Waals surface area contributed by atoms with Gasteiger partial charge in [-0.05, 0) is 25.5 Å². The molecule has 0 spiro atoms. The second-order valence-corrected chi connectivity index (χ2v) is 9.17. The Morgan fingerprint density at radius 3 is 2.33 bits per heavy atom. The zero-order valence-corrected chi connectivity index (χ0v) is 16.3. The molecule has 1 aromatic carbocycles. The van der Waals surface area contributed by atoms with E-state index in [4.69, 9.17) is 0 Å². The van der Waals surface area contributed by atoms with Gasteiger partial charge in [0.05, 0.1) is 26.2 Å². The van der Waals surface area contributed by atoms with Crippen LogP contribution >= 0.6 is 0 Å². The summed E-state index contributed by atoms with van der Waals surface area (Å²) in [5.74, 6) is -0.249. The van der Waals surface area contributed by atoms with E-state index >= 15 is 0 Å². The Balaban J connectivity index is 1.56. The van der Waals surface area contributed by atoms with Crippen molar-refractivity contribution in [1.29, 1.82) is 0 Å². The minimum Gasteiger partial charge on any atom is -0.323 e. The molecule has 8 nitrogen and oxygen atoms in total. The Labute approximate surface area is 159 Å². The van der Waals surface area contributed by atoms with Gasteiger partial charge < -0.3 is 10.2 Å². The van der Waals surface area contributed by atoms with Crippen LogP contribution < -0.4 is 10.2 Å². The highest BCUT2D eigenvalue weighted by atomic mass is 32.2. The number of hydrogen-bond acceptors (Lipinski definition) is 4. The van der Waals surface area contributed by atoms with E-state index in [9.17, 15) is 18.0 Å². The van der Waals surface area contributed by atoms with E-state index < -0.39 is 21.6 Å². The highest BCUT2D eigenvalue weighted by molar-refractivity contribution is 7.92. The fourth-order valence-electron chi connectivity index (χ4n) is 3.21. The molecule has 0 atom stereocenters. The third-order valence-electron chi connectivity index (χ3n) is 4.85. The molecular formula is C18H25N4O4S+. The number of piperazine rings is 1. The molecule has 1 aromatic rings. The number of benzene rings is 1. The number of quaternary nitrogens is 1. The molecule has 0 unspecified atom stereocenters. The standard InChI is InChI=1S/C18H24N4O4S/c1-18(2)16(23)22(17(24)19-18)14-20-9-11-21(12-10-20)27(25,26)13-8-15-6-4-3-5-7-15/h3-8,13H,9-12,14H2,1-2H3,(H,19,24)/p+1/b13-8+. The quantitative estimate of drug-likeness (QED) is 0.659. The molecule has 9 heteroatoms. The summed E-state index contributed by atoms with van der Waals surface area (Å²) >= 11 is 0. The minimum atomic E-state index is -3.49. The Kier molecular flexibility index (Phi) is 5.36. The fourth-order valence-corrected chi connectivity index (χ4v) is 4.41. The monoisotopic (exact) mass is 393 g/mol. The lowest BCUT2D eigenvalue weighted by Gasteiger charge is -2.32. The summed E-state index contributed by atoms with van der Waals surface area (Å²) < 4.78 is 26.4. The predicted molar refractivity (Wildman–Crippen MR) is 101 cm³/mol. The average Bonchev–Trinajstić information content (AvgIpc) is 2.83. The molecule has 0 aromatic heterocycles. The summed E-state index contributed by atoms with van der Waals surface area (Å²) in [4.78, 5) is 26.5. The van der Waals surface area contributed by atoms with Crippen molar-refractivity contribution in [3.63, 3.8) is 0 Å². The second kappa shape index (κ2) is 7.41. The van der Waals surface area contributed by atoms with E-state index in [2.05, 4.69) is 5.32 Å². The van der Waals surface area contributed by atoms with E-state index in [1.165, 1.54) is 14.6 Å². The number of sulfonamides is 1. The summed E-state index contributed by atoms with van der Waals surface area (Å²) in [6, 6.07) is 8.87. The van der Waals surface area contributed by atoms with Crippen LogP contribution in [0.2, 0.25) is 0 Å². The Bertz CT molecular complexity index is 843. The number of nitrogens with one attached hydrogen (secondary N) is 2. The van der Waals surface area contributed by atoms with Gasteiger partial charge in [-0.2, -0.15) is 4.31 Å². The fraction of sp³-hybridized carbons (Fsp3) is 0.444.